The quantitative estimate of drug-likeness (QED) is 0.489. The third-order valence-corrected chi connectivity index (χ3v) is 2.04. The number of rotatable bonds is 6. The lowest BCUT2D eigenvalue weighted by Crippen LogP contribution is -2.46. The van der Waals surface area contributed by atoms with E-state index >= 15 is 0 Å². The third kappa shape index (κ3) is 4.52. The summed E-state index contributed by atoms with van der Waals surface area (Å²) in [6, 6.07) is -1.67. The van der Waals surface area contributed by atoms with Crippen molar-refractivity contribution in [1.82, 2.24) is 25.8 Å². The Kier molecular flexibility index (Phi) is 5.18. The Labute approximate surface area is 103 Å². The summed E-state index contributed by atoms with van der Waals surface area (Å²) in [6.45, 7) is 0.309. The first-order valence-electron chi connectivity index (χ1n) is 5.18. The van der Waals surface area contributed by atoms with Gasteiger partial charge in [-0.3, -0.25) is 5.10 Å². The maximum Gasteiger partial charge on any atom is 0.327 e. The molecular formula is C10H13N5O3. The van der Waals surface area contributed by atoms with Crippen molar-refractivity contribution in [3.8, 4) is 12.3 Å². The van der Waals surface area contributed by atoms with Crippen LogP contribution < -0.4 is 10.6 Å². The number of nitrogens with zero attached hydrogens (tertiary/aromatic N) is 2. The summed E-state index contributed by atoms with van der Waals surface area (Å²) in [5, 5.41) is 19.8. The predicted molar refractivity (Wildman–Crippen MR) is 61.5 cm³/mol. The number of nitrogens with one attached hydrogen (secondary N) is 3. The zero-order valence-corrected chi connectivity index (χ0v) is 9.51. The molecule has 1 aromatic heterocycles. The number of H-pyrrole nitrogens is 1. The van der Waals surface area contributed by atoms with Gasteiger partial charge >= 0.3 is 12.0 Å². The Bertz CT molecular complexity index is 437. The van der Waals surface area contributed by atoms with Gasteiger partial charge in [-0.15, -0.1) is 12.3 Å². The van der Waals surface area contributed by atoms with Crippen LogP contribution in [0.2, 0.25) is 0 Å². The summed E-state index contributed by atoms with van der Waals surface area (Å²) >= 11 is 0. The SMILES string of the molecule is C#CCC(NC(=O)NCCc1ncn[nH]1)C(=O)O. The average molecular weight is 251 g/mol. The topological polar surface area (TPSA) is 120 Å². The number of carboxylic acid groups (broad SMARTS) is 1. The molecule has 2 amide bonds. The van der Waals surface area contributed by atoms with Gasteiger partial charge in [0.2, 0.25) is 0 Å². The number of aliphatic carboxylic acids is 1. The zero-order chi connectivity index (χ0) is 13.4. The number of aromatic amines is 1. The van der Waals surface area contributed by atoms with E-state index in [1.54, 1.807) is 0 Å². The smallest absolute Gasteiger partial charge is 0.327 e. The highest BCUT2D eigenvalue weighted by Crippen LogP contribution is 1.91. The molecule has 8 heteroatoms. The second kappa shape index (κ2) is 6.90. The number of carbonyl (C=O) groups excluding carboxylic acids is 1. The van der Waals surface area contributed by atoms with Gasteiger partial charge in [0.15, 0.2) is 0 Å². The number of urea groups is 1. The standard InChI is InChI=1S/C10H13N5O3/c1-2-3-7(9(16)17)14-10(18)11-5-4-8-12-6-13-15-8/h1,6-7H,3-5H2,(H,16,17)(H2,11,14,18)(H,12,13,15). The number of hydrogen-bond acceptors (Lipinski definition) is 4. The minimum absolute atomic E-state index is 0.0646. The van der Waals surface area contributed by atoms with Gasteiger partial charge in [-0.1, -0.05) is 0 Å². The summed E-state index contributed by atoms with van der Waals surface area (Å²) in [7, 11) is 0. The maximum atomic E-state index is 11.4. The Morgan fingerprint density at radius 3 is 2.94 bits per heavy atom. The summed E-state index contributed by atoms with van der Waals surface area (Å²) in [6.07, 6.45) is 6.77. The van der Waals surface area contributed by atoms with Crippen LogP contribution >= 0.6 is 0 Å². The molecule has 0 radical (unpaired) electrons. The molecule has 0 bridgehead atoms. The Morgan fingerprint density at radius 2 is 2.39 bits per heavy atom. The fourth-order valence-corrected chi connectivity index (χ4v) is 1.17. The van der Waals surface area contributed by atoms with Crippen molar-refractivity contribution < 1.29 is 14.7 Å². The van der Waals surface area contributed by atoms with Gasteiger partial charge < -0.3 is 15.7 Å². The van der Waals surface area contributed by atoms with E-state index in [1.165, 1.54) is 6.33 Å². The van der Waals surface area contributed by atoms with Crippen LogP contribution in [0.1, 0.15) is 12.2 Å². The van der Waals surface area contributed by atoms with E-state index in [1.807, 2.05) is 0 Å². The van der Waals surface area contributed by atoms with Crippen molar-refractivity contribution in [2.45, 2.75) is 18.9 Å². The van der Waals surface area contributed by atoms with Crippen LogP contribution in [0.15, 0.2) is 6.33 Å². The molecule has 1 aromatic rings. The van der Waals surface area contributed by atoms with E-state index in [9.17, 15) is 9.59 Å². The van der Waals surface area contributed by atoms with E-state index in [0.717, 1.165) is 0 Å². The number of carbonyl (C=O) groups is 2. The van der Waals surface area contributed by atoms with Crippen molar-refractivity contribution in [3.63, 3.8) is 0 Å². The van der Waals surface area contributed by atoms with Crippen molar-refractivity contribution in [2.75, 3.05) is 6.54 Å². The van der Waals surface area contributed by atoms with Gasteiger partial charge in [-0.25, -0.2) is 14.6 Å². The molecule has 0 saturated carbocycles. The van der Waals surface area contributed by atoms with Crippen LogP contribution in [0.3, 0.4) is 0 Å². The maximum absolute atomic E-state index is 11.4. The van der Waals surface area contributed by atoms with Gasteiger partial charge in [-0.05, 0) is 0 Å². The third-order valence-electron chi connectivity index (χ3n) is 2.04. The van der Waals surface area contributed by atoms with E-state index in [2.05, 4.69) is 31.7 Å². The Balaban J connectivity index is 2.28. The first kappa shape index (κ1) is 13.5. The number of terminal acetylenes is 1. The number of aromatic nitrogens is 3. The normalized spacial score (nSPS) is 11.3. The van der Waals surface area contributed by atoms with Crippen molar-refractivity contribution >= 4 is 12.0 Å². The lowest BCUT2D eigenvalue weighted by Gasteiger charge is -2.12. The van der Waals surface area contributed by atoms with Gasteiger partial charge in [0.25, 0.3) is 0 Å². The average Bonchev–Trinajstić information content (AvgIpc) is 2.81. The molecule has 18 heavy (non-hydrogen) atoms. The molecule has 0 spiro atoms. The summed E-state index contributed by atoms with van der Waals surface area (Å²) in [5.41, 5.74) is 0. The van der Waals surface area contributed by atoms with Crippen LogP contribution in [-0.4, -0.2) is 44.9 Å². The molecule has 8 nitrogen and oxygen atoms in total. The lowest BCUT2D eigenvalue weighted by atomic mass is 10.2. The number of amides is 2. The van der Waals surface area contributed by atoms with Crippen LogP contribution in [0.4, 0.5) is 4.79 Å². The number of hydrogen-bond donors (Lipinski definition) is 4. The molecule has 0 saturated heterocycles. The molecule has 0 aliphatic heterocycles. The summed E-state index contributed by atoms with van der Waals surface area (Å²) in [5.74, 6) is 1.65. The van der Waals surface area contributed by atoms with Crippen molar-refractivity contribution in [2.24, 2.45) is 0 Å². The highest BCUT2D eigenvalue weighted by atomic mass is 16.4. The molecule has 1 heterocycles. The fraction of sp³-hybridized carbons (Fsp3) is 0.400. The van der Waals surface area contributed by atoms with Crippen LogP contribution in [0.25, 0.3) is 0 Å². The minimum atomic E-state index is -1.17. The minimum Gasteiger partial charge on any atom is -0.480 e. The predicted octanol–water partition coefficient (Wildman–Crippen LogP) is -0.877. The molecule has 1 unspecified atom stereocenters. The van der Waals surface area contributed by atoms with Crippen molar-refractivity contribution in [3.05, 3.63) is 12.2 Å². The van der Waals surface area contributed by atoms with Crippen molar-refractivity contribution in [1.29, 1.82) is 0 Å². The van der Waals surface area contributed by atoms with E-state index in [4.69, 9.17) is 11.5 Å². The summed E-state index contributed by atoms with van der Waals surface area (Å²) < 4.78 is 0. The monoisotopic (exact) mass is 251 g/mol. The highest BCUT2D eigenvalue weighted by molar-refractivity contribution is 5.82. The Hall–Kier alpha value is -2.56. The van der Waals surface area contributed by atoms with Crippen LogP contribution in [0, 0.1) is 12.3 Å². The van der Waals surface area contributed by atoms with E-state index in [-0.39, 0.29) is 6.42 Å². The lowest BCUT2D eigenvalue weighted by molar-refractivity contribution is -0.139. The van der Waals surface area contributed by atoms with E-state index < -0.39 is 18.0 Å². The fourth-order valence-electron chi connectivity index (χ4n) is 1.17. The molecule has 96 valence electrons. The van der Waals surface area contributed by atoms with Crippen LogP contribution in [-0.2, 0) is 11.2 Å². The second-order valence-electron chi connectivity index (χ2n) is 3.38. The first-order valence-corrected chi connectivity index (χ1v) is 5.18. The zero-order valence-electron chi connectivity index (χ0n) is 9.51. The molecular weight excluding hydrogens is 238 g/mol. The molecule has 1 rings (SSSR count). The highest BCUT2D eigenvalue weighted by Gasteiger charge is 2.18. The summed E-state index contributed by atoms with van der Waals surface area (Å²) in [4.78, 5) is 26.0. The Morgan fingerprint density at radius 1 is 1.61 bits per heavy atom. The van der Waals surface area contributed by atoms with E-state index in [0.29, 0.717) is 18.8 Å². The van der Waals surface area contributed by atoms with Gasteiger partial charge in [-0.2, -0.15) is 5.10 Å². The molecule has 0 aliphatic carbocycles. The molecule has 1 atom stereocenters. The first-order chi connectivity index (χ1) is 8.63. The van der Waals surface area contributed by atoms with Gasteiger partial charge in [0.1, 0.15) is 18.2 Å². The largest absolute Gasteiger partial charge is 0.480 e. The number of carboxylic acids is 1. The molecule has 0 aliphatic rings. The molecule has 0 fully saturated rings. The van der Waals surface area contributed by atoms with Gasteiger partial charge in [0.05, 0.1) is 0 Å². The van der Waals surface area contributed by atoms with Gasteiger partial charge in [0, 0.05) is 19.4 Å². The van der Waals surface area contributed by atoms with Crippen LogP contribution in [0.5, 0.6) is 0 Å². The molecule has 0 aromatic carbocycles. The molecule has 4 N–H and O–H groups in total. The second-order valence-corrected chi connectivity index (χ2v) is 3.38.